The summed E-state index contributed by atoms with van der Waals surface area (Å²) in [6.07, 6.45) is 1.41. The second-order valence-electron chi connectivity index (χ2n) is 7.06. The first-order valence-electron chi connectivity index (χ1n) is 10.2. The van der Waals surface area contributed by atoms with Crippen molar-refractivity contribution in [2.75, 3.05) is 12.9 Å². The number of nitrogens with zero attached hydrogens (tertiary/aromatic N) is 4. The van der Waals surface area contributed by atoms with Gasteiger partial charge >= 0.3 is 0 Å². The highest BCUT2D eigenvalue weighted by molar-refractivity contribution is 7.99. The van der Waals surface area contributed by atoms with E-state index in [0.717, 1.165) is 17.0 Å². The van der Waals surface area contributed by atoms with Crippen molar-refractivity contribution in [1.82, 2.24) is 20.2 Å². The van der Waals surface area contributed by atoms with Crippen molar-refractivity contribution in [2.24, 2.45) is 5.10 Å². The van der Waals surface area contributed by atoms with Crippen LogP contribution in [0.15, 0.2) is 77.0 Å². The fourth-order valence-corrected chi connectivity index (χ4v) is 4.44. The lowest BCUT2D eigenvalue weighted by atomic mass is 10.2. The van der Waals surface area contributed by atoms with E-state index < -0.39 is 0 Å². The van der Waals surface area contributed by atoms with Crippen LogP contribution in [0.5, 0.6) is 5.75 Å². The van der Waals surface area contributed by atoms with Gasteiger partial charge in [0.15, 0.2) is 11.0 Å². The van der Waals surface area contributed by atoms with Crippen LogP contribution in [0.2, 0.25) is 15.1 Å². The zero-order valence-corrected chi connectivity index (χ0v) is 21.4. The first-order chi connectivity index (χ1) is 17.0. The number of nitrogens with one attached hydrogen (secondary N) is 1. The van der Waals surface area contributed by atoms with Gasteiger partial charge in [0.2, 0.25) is 0 Å². The zero-order valence-electron chi connectivity index (χ0n) is 18.3. The van der Waals surface area contributed by atoms with Crippen LogP contribution >= 0.6 is 46.6 Å². The fraction of sp³-hybridized carbons (Fsp3) is 0.0833. The summed E-state index contributed by atoms with van der Waals surface area (Å²) in [4.78, 5) is 12.4. The third-order valence-corrected chi connectivity index (χ3v) is 6.62. The molecule has 0 radical (unpaired) electrons. The lowest BCUT2D eigenvalue weighted by Gasteiger charge is -2.11. The molecule has 0 aliphatic heterocycles. The number of benzene rings is 3. The topological polar surface area (TPSA) is 81.4 Å². The highest BCUT2D eigenvalue weighted by Gasteiger charge is 2.17. The van der Waals surface area contributed by atoms with Gasteiger partial charge < -0.3 is 4.74 Å². The zero-order chi connectivity index (χ0) is 24.8. The highest BCUT2D eigenvalue weighted by atomic mass is 35.5. The number of rotatable bonds is 8. The van der Waals surface area contributed by atoms with Crippen molar-refractivity contribution >= 4 is 58.7 Å². The molecule has 178 valence electrons. The number of ether oxygens (including phenoxy) is 1. The average molecular weight is 547 g/mol. The summed E-state index contributed by atoms with van der Waals surface area (Å²) in [5.74, 6) is 1.08. The molecule has 1 heterocycles. The van der Waals surface area contributed by atoms with Crippen molar-refractivity contribution in [3.63, 3.8) is 0 Å². The minimum absolute atomic E-state index is 0.0575. The smallest absolute Gasteiger partial charge is 0.250 e. The molecule has 0 aliphatic carbocycles. The van der Waals surface area contributed by atoms with E-state index >= 15 is 0 Å². The van der Waals surface area contributed by atoms with E-state index in [9.17, 15) is 4.79 Å². The summed E-state index contributed by atoms with van der Waals surface area (Å²) in [5.41, 5.74) is 4.64. The fourth-order valence-electron chi connectivity index (χ4n) is 3.08. The Labute approximate surface area is 221 Å². The average Bonchev–Trinajstić information content (AvgIpc) is 3.29. The molecule has 3 aromatic carbocycles. The Morgan fingerprint density at radius 3 is 2.37 bits per heavy atom. The summed E-state index contributed by atoms with van der Waals surface area (Å²) in [6.45, 7) is 0. The molecule has 0 saturated carbocycles. The predicted molar refractivity (Wildman–Crippen MR) is 141 cm³/mol. The molecular weight excluding hydrogens is 529 g/mol. The van der Waals surface area contributed by atoms with Crippen LogP contribution in [-0.2, 0) is 4.79 Å². The Hall–Kier alpha value is -3.04. The normalized spacial score (nSPS) is 11.1. The van der Waals surface area contributed by atoms with Crippen molar-refractivity contribution in [3.05, 3.63) is 87.4 Å². The van der Waals surface area contributed by atoms with Gasteiger partial charge in [-0.3, -0.25) is 9.36 Å². The molecule has 0 spiro atoms. The van der Waals surface area contributed by atoms with Crippen LogP contribution in [0.25, 0.3) is 17.1 Å². The number of hydrogen-bond donors (Lipinski definition) is 1. The van der Waals surface area contributed by atoms with Crippen LogP contribution in [-0.4, -0.2) is 39.7 Å². The van der Waals surface area contributed by atoms with Crippen LogP contribution in [0.3, 0.4) is 0 Å². The van der Waals surface area contributed by atoms with Crippen LogP contribution in [0, 0.1) is 0 Å². The van der Waals surface area contributed by atoms with Crippen LogP contribution < -0.4 is 10.2 Å². The molecule has 0 aliphatic rings. The molecular formula is C24H18Cl3N5O2S. The van der Waals surface area contributed by atoms with Gasteiger partial charge in [-0.2, -0.15) is 5.10 Å². The Morgan fingerprint density at radius 2 is 1.71 bits per heavy atom. The number of amides is 1. The first-order valence-corrected chi connectivity index (χ1v) is 12.3. The Bertz CT molecular complexity index is 1340. The van der Waals surface area contributed by atoms with E-state index in [0.29, 0.717) is 31.6 Å². The molecule has 0 fully saturated rings. The number of carbonyl (C=O) groups is 1. The van der Waals surface area contributed by atoms with E-state index in [4.69, 9.17) is 39.5 Å². The van der Waals surface area contributed by atoms with E-state index in [2.05, 4.69) is 20.7 Å². The first kappa shape index (κ1) is 25.1. The van der Waals surface area contributed by atoms with Gasteiger partial charge in [0.1, 0.15) is 5.75 Å². The van der Waals surface area contributed by atoms with Crippen molar-refractivity contribution < 1.29 is 9.53 Å². The second kappa shape index (κ2) is 11.6. The minimum Gasteiger partial charge on any atom is -0.497 e. The van der Waals surface area contributed by atoms with Gasteiger partial charge in [-0.25, -0.2) is 5.43 Å². The predicted octanol–water partition coefficient (Wildman–Crippen LogP) is 6.15. The number of methoxy groups -OCH3 is 1. The molecule has 7 nitrogen and oxygen atoms in total. The van der Waals surface area contributed by atoms with E-state index in [-0.39, 0.29) is 11.7 Å². The third kappa shape index (κ3) is 6.15. The summed E-state index contributed by atoms with van der Waals surface area (Å²) in [6, 6.07) is 19.9. The van der Waals surface area contributed by atoms with Gasteiger partial charge in [-0.1, -0.05) is 52.6 Å². The van der Waals surface area contributed by atoms with Crippen molar-refractivity contribution in [3.8, 4) is 22.8 Å². The third-order valence-electron chi connectivity index (χ3n) is 4.78. The quantitative estimate of drug-likeness (QED) is 0.163. The van der Waals surface area contributed by atoms with Gasteiger partial charge in [0, 0.05) is 21.8 Å². The molecule has 0 bridgehead atoms. The summed E-state index contributed by atoms with van der Waals surface area (Å²) in [5, 5.41) is 14.7. The van der Waals surface area contributed by atoms with Gasteiger partial charge in [0.05, 0.1) is 29.1 Å². The number of aromatic nitrogens is 3. The lowest BCUT2D eigenvalue weighted by Crippen LogP contribution is -2.20. The highest BCUT2D eigenvalue weighted by Crippen LogP contribution is 2.29. The molecule has 4 aromatic rings. The summed E-state index contributed by atoms with van der Waals surface area (Å²) >= 11 is 19.5. The van der Waals surface area contributed by atoms with E-state index in [1.54, 1.807) is 37.4 Å². The minimum atomic E-state index is -0.328. The van der Waals surface area contributed by atoms with Gasteiger partial charge in [0.25, 0.3) is 5.91 Å². The molecule has 0 atom stereocenters. The maximum absolute atomic E-state index is 12.4. The number of carbonyl (C=O) groups excluding carboxylic acids is 1. The maximum Gasteiger partial charge on any atom is 0.250 e. The molecule has 4 rings (SSSR count). The Balaban J connectivity index is 1.53. The molecule has 1 amide bonds. The Kier molecular flexibility index (Phi) is 8.30. The van der Waals surface area contributed by atoms with Gasteiger partial charge in [-0.15, -0.1) is 10.2 Å². The monoisotopic (exact) mass is 545 g/mol. The standard InChI is InChI=1S/C24H18Cl3N5O2S/c1-34-18-11-5-15(6-12-18)23-30-31-24(32(23)17-9-7-16(25)8-10-17)35-14-22(33)29-28-13-19-20(26)3-2-4-21(19)27/h2-13H,14H2,1H3,(H,29,33). The second-order valence-corrected chi connectivity index (χ2v) is 9.26. The Morgan fingerprint density at radius 1 is 1.03 bits per heavy atom. The summed E-state index contributed by atoms with van der Waals surface area (Å²) < 4.78 is 7.11. The number of halogens is 3. The maximum atomic E-state index is 12.4. The van der Waals surface area contributed by atoms with E-state index in [1.165, 1.54) is 18.0 Å². The van der Waals surface area contributed by atoms with Crippen LogP contribution in [0.4, 0.5) is 0 Å². The summed E-state index contributed by atoms with van der Waals surface area (Å²) in [7, 11) is 1.61. The van der Waals surface area contributed by atoms with Gasteiger partial charge in [-0.05, 0) is 60.7 Å². The van der Waals surface area contributed by atoms with Crippen LogP contribution in [0.1, 0.15) is 5.56 Å². The molecule has 0 unspecified atom stereocenters. The number of hydrazone groups is 1. The molecule has 1 aromatic heterocycles. The van der Waals surface area contributed by atoms with E-state index in [1.807, 2.05) is 41.0 Å². The SMILES string of the molecule is COc1ccc(-c2nnc(SCC(=O)NN=Cc3c(Cl)cccc3Cl)n2-c2ccc(Cl)cc2)cc1. The number of hydrogen-bond acceptors (Lipinski definition) is 6. The molecule has 0 saturated heterocycles. The van der Waals surface area contributed by atoms with Crippen molar-refractivity contribution in [2.45, 2.75) is 5.16 Å². The number of thioether (sulfide) groups is 1. The molecule has 1 N–H and O–H groups in total. The largest absolute Gasteiger partial charge is 0.497 e. The molecule has 11 heteroatoms. The van der Waals surface area contributed by atoms with Crippen molar-refractivity contribution in [1.29, 1.82) is 0 Å². The lowest BCUT2D eigenvalue weighted by molar-refractivity contribution is -0.118. The molecule has 35 heavy (non-hydrogen) atoms.